The second-order valence-corrected chi connectivity index (χ2v) is 7.47. The van der Waals surface area contributed by atoms with Crippen molar-refractivity contribution in [3.63, 3.8) is 0 Å². The first-order chi connectivity index (χ1) is 15.2. The summed E-state index contributed by atoms with van der Waals surface area (Å²) in [5.41, 5.74) is 2.15. The van der Waals surface area contributed by atoms with Gasteiger partial charge >= 0.3 is 0 Å². The summed E-state index contributed by atoms with van der Waals surface area (Å²) in [6, 6.07) is 16.8. The van der Waals surface area contributed by atoms with Gasteiger partial charge in [0.2, 0.25) is 0 Å². The Hall–Kier alpha value is -3.52. The van der Waals surface area contributed by atoms with Gasteiger partial charge in [-0.15, -0.1) is 10.2 Å². The number of hydrogen-bond acceptors (Lipinski definition) is 6. The first-order valence-corrected chi connectivity index (χ1v) is 10.6. The van der Waals surface area contributed by atoms with E-state index in [-0.39, 0.29) is 17.4 Å². The molecule has 8 heteroatoms. The molecule has 0 spiro atoms. The molecule has 0 aliphatic heterocycles. The molecule has 0 saturated heterocycles. The minimum Gasteiger partial charge on any atom is -0.494 e. The first-order valence-electron chi connectivity index (χ1n) is 9.66. The highest BCUT2D eigenvalue weighted by Gasteiger charge is 2.18. The van der Waals surface area contributed by atoms with Gasteiger partial charge in [0.05, 0.1) is 12.4 Å². The Labute approximate surface area is 183 Å². The van der Waals surface area contributed by atoms with Crippen molar-refractivity contribution in [3.05, 3.63) is 84.4 Å². The van der Waals surface area contributed by atoms with Crippen LogP contribution in [0.25, 0.3) is 17.1 Å². The zero-order chi connectivity index (χ0) is 21.6. The van der Waals surface area contributed by atoms with E-state index in [1.54, 1.807) is 12.4 Å². The van der Waals surface area contributed by atoms with Gasteiger partial charge in [0.25, 0.3) is 0 Å². The highest BCUT2D eigenvalue weighted by Crippen LogP contribution is 2.29. The lowest BCUT2D eigenvalue weighted by molar-refractivity contribution is 0.102. The van der Waals surface area contributed by atoms with Crippen LogP contribution in [0.15, 0.2) is 78.2 Å². The lowest BCUT2D eigenvalue weighted by atomic mass is 10.1. The summed E-state index contributed by atoms with van der Waals surface area (Å²) >= 11 is 1.28. The Morgan fingerprint density at radius 1 is 1.00 bits per heavy atom. The number of aromatic nitrogens is 4. The Balaban J connectivity index is 1.65. The molecular weight excluding hydrogens is 415 g/mol. The summed E-state index contributed by atoms with van der Waals surface area (Å²) in [5.74, 6) is 1.07. The summed E-state index contributed by atoms with van der Waals surface area (Å²) in [7, 11) is 0. The average molecular weight is 434 g/mol. The molecule has 156 valence electrons. The molecule has 6 nitrogen and oxygen atoms in total. The Morgan fingerprint density at radius 2 is 1.71 bits per heavy atom. The molecular formula is C23H19FN4O2S. The summed E-state index contributed by atoms with van der Waals surface area (Å²) in [6.45, 7) is 2.52. The van der Waals surface area contributed by atoms with Gasteiger partial charge in [-0.25, -0.2) is 4.39 Å². The number of carbonyl (C=O) groups excluding carboxylic acids is 1. The van der Waals surface area contributed by atoms with Crippen LogP contribution < -0.4 is 4.74 Å². The summed E-state index contributed by atoms with van der Waals surface area (Å²) < 4.78 is 20.6. The highest BCUT2D eigenvalue weighted by atomic mass is 32.2. The standard InChI is InChI=1S/C23H19FN4O2S/c1-2-30-20-9-7-19(8-10-20)28-22(17-11-13-25-14-12-17)26-27-23(28)31-15-21(29)16-3-5-18(24)6-4-16/h3-14H,2,15H2,1H3. The van der Waals surface area contributed by atoms with E-state index in [0.717, 1.165) is 17.0 Å². The fourth-order valence-corrected chi connectivity index (χ4v) is 3.84. The molecule has 0 radical (unpaired) electrons. The molecule has 4 rings (SSSR count). The maximum atomic E-state index is 13.1. The smallest absolute Gasteiger partial charge is 0.196 e. The Bertz CT molecular complexity index is 1160. The van der Waals surface area contributed by atoms with Gasteiger partial charge in [0, 0.05) is 29.2 Å². The van der Waals surface area contributed by atoms with Gasteiger partial charge in [-0.1, -0.05) is 11.8 Å². The van der Waals surface area contributed by atoms with Crippen LogP contribution in [0.4, 0.5) is 4.39 Å². The average Bonchev–Trinajstić information content (AvgIpc) is 3.23. The SMILES string of the molecule is CCOc1ccc(-n2c(SCC(=O)c3ccc(F)cc3)nnc2-c2ccncc2)cc1. The van der Waals surface area contributed by atoms with Gasteiger partial charge in [0.1, 0.15) is 11.6 Å². The molecule has 0 fully saturated rings. The highest BCUT2D eigenvalue weighted by molar-refractivity contribution is 7.99. The normalized spacial score (nSPS) is 10.8. The van der Waals surface area contributed by atoms with E-state index in [1.807, 2.05) is 47.9 Å². The number of hydrogen-bond donors (Lipinski definition) is 0. The molecule has 2 aromatic heterocycles. The number of nitrogens with zero attached hydrogens (tertiary/aromatic N) is 4. The number of halogens is 1. The molecule has 2 aromatic carbocycles. The summed E-state index contributed by atoms with van der Waals surface area (Å²) in [6.07, 6.45) is 3.38. The number of Topliss-reactive ketones (excluding diaryl/α,β-unsaturated/α-hetero) is 1. The maximum Gasteiger partial charge on any atom is 0.196 e. The van der Waals surface area contributed by atoms with Crippen LogP contribution >= 0.6 is 11.8 Å². The van der Waals surface area contributed by atoms with Crippen LogP contribution in [0.2, 0.25) is 0 Å². The van der Waals surface area contributed by atoms with Crippen LogP contribution in [0.3, 0.4) is 0 Å². The number of benzene rings is 2. The first kappa shape index (κ1) is 20.7. The maximum absolute atomic E-state index is 13.1. The molecule has 0 bridgehead atoms. The largest absolute Gasteiger partial charge is 0.494 e. The van der Waals surface area contributed by atoms with Crippen LogP contribution in [-0.4, -0.2) is 37.9 Å². The van der Waals surface area contributed by atoms with E-state index in [4.69, 9.17) is 4.74 Å². The quantitative estimate of drug-likeness (QED) is 0.292. The molecule has 0 unspecified atom stereocenters. The lowest BCUT2D eigenvalue weighted by Crippen LogP contribution is -2.05. The number of ketones is 1. The van der Waals surface area contributed by atoms with Crippen molar-refractivity contribution in [1.29, 1.82) is 0 Å². The van der Waals surface area contributed by atoms with E-state index in [2.05, 4.69) is 15.2 Å². The van der Waals surface area contributed by atoms with Crippen molar-refractivity contribution in [2.45, 2.75) is 12.1 Å². The number of thioether (sulfide) groups is 1. The second-order valence-electron chi connectivity index (χ2n) is 6.52. The Morgan fingerprint density at radius 3 is 2.39 bits per heavy atom. The van der Waals surface area contributed by atoms with Gasteiger partial charge < -0.3 is 4.74 Å². The van der Waals surface area contributed by atoms with Crippen molar-refractivity contribution >= 4 is 17.5 Å². The van der Waals surface area contributed by atoms with Crippen LogP contribution in [0, 0.1) is 5.82 Å². The number of carbonyl (C=O) groups is 1. The zero-order valence-corrected chi connectivity index (χ0v) is 17.6. The second kappa shape index (κ2) is 9.53. The van der Waals surface area contributed by atoms with Crippen LogP contribution in [0.1, 0.15) is 17.3 Å². The molecule has 0 saturated carbocycles. The molecule has 0 N–H and O–H groups in total. The molecule has 0 aliphatic rings. The molecule has 0 amide bonds. The van der Waals surface area contributed by atoms with Gasteiger partial charge in [-0.05, 0) is 67.6 Å². The van der Waals surface area contributed by atoms with Crippen LogP contribution in [-0.2, 0) is 0 Å². The van der Waals surface area contributed by atoms with E-state index in [0.29, 0.717) is 23.2 Å². The van der Waals surface area contributed by atoms with Crippen molar-refractivity contribution in [3.8, 4) is 22.8 Å². The minimum absolute atomic E-state index is 0.114. The van der Waals surface area contributed by atoms with Crippen molar-refractivity contribution in [2.24, 2.45) is 0 Å². The molecule has 31 heavy (non-hydrogen) atoms. The van der Waals surface area contributed by atoms with E-state index < -0.39 is 0 Å². The fourth-order valence-electron chi connectivity index (χ4n) is 2.99. The topological polar surface area (TPSA) is 69.9 Å². The van der Waals surface area contributed by atoms with E-state index >= 15 is 0 Å². The van der Waals surface area contributed by atoms with Crippen molar-refractivity contribution in [2.75, 3.05) is 12.4 Å². The molecule has 2 heterocycles. The zero-order valence-electron chi connectivity index (χ0n) is 16.7. The Kier molecular flexibility index (Phi) is 6.37. The van der Waals surface area contributed by atoms with Crippen molar-refractivity contribution in [1.82, 2.24) is 19.7 Å². The number of ether oxygens (including phenoxy) is 1. The summed E-state index contributed by atoms with van der Waals surface area (Å²) in [4.78, 5) is 16.6. The number of rotatable bonds is 8. The van der Waals surface area contributed by atoms with Gasteiger partial charge in [-0.3, -0.25) is 14.3 Å². The molecule has 4 aromatic rings. The molecule has 0 aliphatic carbocycles. The van der Waals surface area contributed by atoms with E-state index in [1.165, 1.54) is 36.0 Å². The third kappa shape index (κ3) is 4.80. The fraction of sp³-hybridized carbons (Fsp3) is 0.130. The third-order valence-electron chi connectivity index (χ3n) is 4.48. The molecule has 0 atom stereocenters. The van der Waals surface area contributed by atoms with Gasteiger partial charge in [-0.2, -0.15) is 0 Å². The summed E-state index contributed by atoms with van der Waals surface area (Å²) in [5, 5.41) is 9.25. The van der Waals surface area contributed by atoms with E-state index in [9.17, 15) is 9.18 Å². The van der Waals surface area contributed by atoms with Gasteiger partial charge in [0.15, 0.2) is 16.8 Å². The lowest BCUT2D eigenvalue weighted by Gasteiger charge is -2.11. The van der Waals surface area contributed by atoms with Crippen LogP contribution in [0.5, 0.6) is 5.75 Å². The van der Waals surface area contributed by atoms with Crippen molar-refractivity contribution < 1.29 is 13.9 Å². The third-order valence-corrected chi connectivity index (χ3v) is 5.41. The predicted octanol–water partition coefficient (Wildman–Crippen LogP) is 4.84. The monoisotopic (exact) mass is 434 g/mol. The number of pyridine rings is 1. The minimum atomic E-state index is -0.374. The predicted molar refractivity (Wildman–Crippen MR) is 117 cm³/mol.